The summed E-state index contributed by atoms with van der Waals surface area (Å²) in [4.78, 5) is 12.2. The molecule has 0 saturated carbocycles. The number of amides is 1. The minimum atomic E-state index is -0.316. The molecule has 1 heterocycles. The second kappa shape index (κ2) is 7.64. The highest BCUT2D eigenvalue weighted by atomic mass is 16.3. The van der Waals surface area contributed by atoms with Gasteiger partial charge in [-0.05, 0) is 37.5 Å². The third-order valence-corrected chi connectivity index (χ3v) is 3.34. The van der Waals surface area contributed by atoms with E-state index in [1.54, 1.807) is 6.92 Å². The van der Waals surface area contributed by atoms with Crippen molar-refractivity contribution in [2.24, 2.45) is 0 Å². The van der Waals surface area contributed by atoms with Gasteiger partial charge in [0.1, 0.15) is 5.69 Å². The van der Waals surface area contributed by atoms with E-state index in [4.69, 9.17) is 0 Å². The van der Waals surface area contributed by atoms with Gasteiger partial charge in [-0.25, -0.2) is 0 Å². The summed E-state index contributed by atoms with van der Waals surface area (Å²) in [5.41, 5.74) is 1.83. The molecule has 1 unspecified atom stereocenters. The van der Waals surface area contributed by atoms with Gasteiger partial charge in [0.05, 0.1) is 6.10 Å². The normalized spacial score (nSPS) is 12.1. The van der Waals surface area contributed by atoms with Crippen molar-refractivity contribution >= 4 is 5.91 Å². The number of hydrogen-bond donors (Lipinski definition) is 2. The Morgan fingerprint density at radius 3 is 2.71 bits per heavy atom. The Kier molecular flexibility index (Phi) is 5.58. The molecule has 2 aromatic rings. The first-order valence-corrected chi connectivity index (χ1v) is 7.32. The quantitative estimate of drug-likeness (QED) is 0.768. The van der Waals surface area contributed by atoms with E-state index in [9.17, 15) is 9.90 Å². The summed E-state index contributed by atoms with van der Waals surface area (Å²) in [6.07, 6.45) is 3.08. The van der Waals surface area contributed by atoms with Crippen LogP contribution in [0.3, 0.4) is 0 Å². The zero-order valence-electron chi connectivity index (χ0n) is 12.3. The molecule has 0 aliphatic heterocycles. The first-order valence-electron chi connectivity index (χ1n) is 7.32. The Morgan fingerprint density at radius 2 is 2.00 bits per heavy atom. The highest BCUT2D eigenvalue weighted by Gasteiger charge is 2.10. The van der Waals surface area contributed by atoms with Crippen LogP contribution in [0.4, 0.5) is 0 Å². The molecule has 21 heavy (non-hydrogen) atoms. The summed E-state index contributed by atoms with van der Waals surface area (Å²) in [7, 11) is 0. The number of rotatable bonds is 7. The lowest BCUT2D eigenvalue weighted by Gasteiger charge is -2.10. The minimum absolute atomic E-state index is 0.0680. The maximum atomic E-state index is 12.2. The van der Waals surface area contributed by atoms with Crippen LogP contribution in [0.5, 0.6) is 0 Å². The number of nitrogens with one attached hydrogen (secondary N) is 1. The molecule has 0 radical (unpaired) electrons. The third kappa shape index (κ3) is 4.76. The molecule has 0 saturated heterocycles. The van der Waals surface area contributed by atoms with Crippen molar-refractivity contribution in [1.82, 2.24) is 9.88 Å². The van der Waals surface area contributed by atoms with Gasteiger partial charge in [0.15, 0.2) is 0 Å². The molecule has 0 fully saturated rings. The first-order chi connectivity index (χ1) is 10.2. The number of hydrogen-bond acceptors (Lipinski definition) is 2. The second-order valence-electron chi connectivity index (χ2n) is 5.25. The van der Waals surface area contributed by atoms with Crippen LogP contribution < -0.4 is 5.32 Å². The maximum Gasteiger partial charge on any atom is 0.267 e. The average molecular weight is 286 g/mol. The van der Waals surface area contributed by atoms with Gasteiger partial charge in [0.25, 0.3) is 5.91 Å². The summed E-state index contributed by atoms with van der Waals surface area (Å²) in [5.74, 6) is -0.0680. The van der Waals surface area contributed by atoms with E-state index in [1.807, 2.05) is 53.2 Å². The van der Waals surface area contributed by atoms with E-state index in [-0.39, 0.29) is 12.0 Å². The van der Waals surface area contributed by atoms with Crippen LogP contribution in [0.2, 0.25) is 0 Å². The fourth-order valence-corrected chi connectivity index (χ4v) is 2.23. The van der Waals surface area contributed by atoms with Gasteiger partial charge in [0.2, 0.25) is 0 Å². The number of aliphatic hydroxyl groups is 1. The number of aromatic nitrogens is 1. The van der Waals surface area contributed by atoms with Crippen molar-refractivity contribution in [1.29, 1.82) is 0 Å². The minimum Gasteiger partial charge on any atom is -0.393 e. The molecule has 1 atom stereocenters. The van der Waals surface area contributed by atoms with Gasteiger partial charge in [-0.2, -0.15) is 0 Å². The SMILES string of the molecule is CC(O)CCCNC(=O)c1cccn1Cc1ccccc1. The lowest BCUT2D eigenvalue weighted by Crippen LogP contribution is -2.27. The summed E-state index contributed by atoms with van der Waals surface area (Å²) in [6.45, 7) is 3.03. The predicted octanol–water partition coefficient (Wildman–Crippen LogP) is 2.43. The molecule has 112 valence electrons. The van der Waals surface area contributed by atoms with E-state index in [0.717, 1.165) is 12.0 Å². The standard InChI is InChI=1S/C17H22N2O2/c1-14(20)7-5-11-18-17(21)16-10-6-12-19(16)13-15-8-3-2-4-9-15/h2-4,6,8-10,12,14,20H,5,7,11,13H2,1H3,(H,18,21). The fraction of sp³-hybridized carbons (Fsp3) is 0.353. The summed E-state index contributed by atoms with van der Waals surface area (Å²) >= 11 is 0. The Morgan fingerprint density at radius 1 is 1.24 bits per heavy atom. The van der Waals surface area contributed by atoms with Crippen LogP contribution in [0.1, 0.15) is 35.8 Å². The van der Waals surface area contributed by atoms with Gasteiger partial charge in [-0.3, -0.25) is 4.79 Å². The van der Waals surface area contributed by atoms with Crippen LogP contribution >= 0.6 is 0 Å². The number of carbonyl (C=O) groups is 1. The Labute approximate surface area is 125 Å². The van der Waals surface area contributed by atoms with Gasteiger partial charge in [-0.1, -0.05) is 30.3 Å². The number of benzene rings is 1. The summed E-state index contributed by atoms with van der Waals surface area (Å²) in [5, 5.41) is 12.1. The molecular formula is C17H22N2O2. The smallest absolute Gasteiger partial charge is 0.267 e. The van der Waals surface area contributed by atoms with Gasteiger partial charge in [0, 0.05) is 19.3 Å². The average Bonchev–Trinajstić information content (AvgIpc) is 2.92. The summed E-state index contributed by atoms with van der Waals surface area (Å²) < 4.78 is 1.94. The highest BCUT2D eigenvalue weighted by molar-refractivity contribution is 5.92. The van der Waals surface area contributed by atoms with Crippen molar-refractivity contribution in [3.8, 4) is 0 Å². The van der Waals surface area contributed by atoms with E-state index in [2.05, 4.69) is 5.32 Å². The Hall–Kier alpha value is -2.07. The Bertz CT molecular complexity index is 561. The largest absolute Gasteiger partial charge is 0.393 e. The number of nitrogens with zero attached hydrogens (tertiary/aromatic N) is 1. The zero-order valence-corrected chi connectivity index (χ0v) is 12.3. The zero-order chi connectivity index (χ0) is 15.1. The second-order valence-corrected chi connectivity index (χ2v) is 5.25. The Balaban J connectivity index is 1.92. The molecule has 4 nitrogen and oxygen atoms in total. The van der Waals surface area contributed by atoms with Crippen LogP contribution in [-0.4, -0.2) is 28.2 Å². The van der Waals surface area contributed by atoms with E-state index < -0.39 is 0 Å². The van der Waals surface area contributed by atoms with E-state index >= 15 is 0 Å². The lowest BCUT2D eigenvalue weighted by atomic mass is 10.2. The van der Waals surface area contributed by atoms with Gasteiger partial charge in [-0.15, -0.1) is 0 Å². The van der Waals surface area contributed by atoms with Crippen molar-refractivity contribution in [2.45, 2.75) is 32.4 Å². The molecule has 1 aromatic carbocycles. The van der Waals surface area contributed by atoms with Crippen LogP contribution in [0.25, 0.3) is 0 Å². The summed E-state index contributed by atoms with van der Waals surface area (Å²) in [6, 6.07) is 13.8. The molecule has 0 aliphatic rings. The molecule has 2 N–H and O–H groups in total. The maximum absolute atomic E-state index is 12.2. The molecule has 0 bridgehead atoms. The predicted molar refractivity (Wildman–Crippen MR) is 83.2 cm³/mol. The molecule has 0 spiro atoms. The van der Waals surface area contributed by atoms with Crippen LogP contribution in [0, 0.1) is 0 Å². The topological polar surface area (TPSA) is 54.3 Å². The number of carbonyl (C=O) groups excluding carboxylic acids is 1. The van der Waals surface area contributed by atoms with Crippen molar-refractivity contribution in [2.75, 3.05) is 6.54 Å². The molecular weight excluding hydrogens is 264 g/mol. The number of aliphatic hydroxyl groups excluding tert-OH is 1. The van der Waals surface area contributed by atoms with Gasteiger partial charge >= 0.3 is 0 Å². The fourth-order valence-electron chi connectivity index (χ4n) is 2.23. The van der Waals surface area contributed by atoms with E-state index in [1.165, 1.54) is 0 Å². The van der Waals surface area contributed by atoms with Crippen LogP contribution in [-0.2, 0) is 6.54 Å². The molecule has 1 aromatic heterocycles. The third-order valence-electron chi connectivity index (χ3n) is 3.34. The molecule has 4 heteroatoms. The lowest BCUT2D eigenvalue weighted by molar-refractivity contribution is 0.0941. The van der Waals surface area contributed by atoms with Crippen molar-refractivity contribution < 1.29 is 9.90 Å². The van der Waals surface area contributed by atoms with Gasteiger partial charge < -0.3 is 15.0 Å². The van der Waals surface area contributed by atoms with Crippen molar-refractivity contribution in [3.05, 3.63) is 59.9 Å². The van der Waals surface area contributed by atoms with Crippen LogP contribution in [0.15, 0.2) is 48.7 Å². The molecule has 2 rings (SSSR count). The first kappa shape index (κ1) is 15.3. The van der Waals surface area contributed by atoms with E-state index in [0.29, 0.717) is 25.2 Å². The molecule has 1 amide bonds. The monoisotopic (exact) mass is 286 g/mol. The van der Waals surface area contributed by atoms with Crippen molar-refractivity contribution in [3.63, 3.8) is 0 Å². The molecule has 0 aliphatic carbocycles. The highest BCUT2D eigenvalue weighted by Crippen LogP contribution is 2.08.